The van der Waals surface area contributed by atoms with Crippen LogP contribution in [0.2, 0.25) is 0 Å². The Kier molecular flexibility index (Phi) is 12.6. The Morgan fingerprint density at radius 1 is 0.692 bits per heavy atom. The first-order chi connectivity index (χ1) is 19.0. The lowest BCUT2D eigenvalue weighted by atomic mass is 9.92. The number of amides is 2. The summed E-state index contributed by atoms with van der Waals surface area (Å²) in [4.78, 5) is 37.7. The molecule has 7 heteroatoms. The molecule has 0 heterocycles. The smallest absolute Gasteiger partial charge is 0.408 e. The van der Waals surface area contributed by atoms with Gasteiger partial charge in [0, 0.05) is 13.0 Å². The molecule has 2 atom stereocenters. The molecule has 0 bridgehead atoms. The SMILES string of the molecule is CC(CC(=O)C(CCCCNC(=O)OCc1ccccc1)NC(=O)OCc1ccccc1)Cc1ccccc1. The van der Waals surface area contributed by atoms with Gasteiger partial charge < -0.3 is 20.1 Å². The van der Waals surface area contributed by atoms with Gasteiger partial charge in [0.2, 0.25) is 0 Å². The first kappa shape index (κ1) is 29.4. The fraction of sp³-hybridized carbons (Fsp3) is 0.344. The average Bonchev–Trinajstić information content (AvgIpc) is 2.95. The van der Waals surface area contributed by atoms with Gasteiger partial charge in [0.15, 0.2) is 5.78 Å². The van der Waals surface area contributed by atoms with E-state index in [1.807, 2.05) is 85.8 Å². The van der Waals surface area contributed by atoms with E-state index in [0.717, 1.165) is 17.5 Å². The molecule has 2 N–H and O–H groups in total. The highest BCUT2D eigenvalue weighted by Gasteiger charge is 2.23. The fourth-order valence-electron chi connectivity index (χ4n) is 4.23. The maximum absolute atomic E-state index is 13.2. The Hall–Kier alpha value is -4.13. The highest BCUT2D eigenvalue weighted by molar-refractivity contribution is 5.87. The fourth-order valence-corrected chi connectivity index (χ4v) is 4.23. The van der Waals surface area contributed by atoms with E-state index in [4.69, 9.17) is 9.47 Å². The second-order valence-electron chi connectivity index (χ2n) is 9.71. The average molecular weight is 531 g/mol. The van der Waals surface area contributed by atoms with Gasteiger partial charge in [-0.25, -0.2) is 9.59 Å². The van der Waals surface area contributed by atoms with E-state index in [1.54, 1.807) is 0 Å². The number of rotatable bonds is 15. The lowest BCUT2D eigenvalue weighted by Crippen LogP contribution is -2.41. The van der Waals surface area contributed by atoms with E-state index >= 15 is 0 Å². The van der Waals surface area contributed by atoms with Crippen LogP contribution >= 0.6 is 0 Å². The summed E-state index contributed by atoms with van der Waals surface area (Å²) in [6.45, 7) is 2.80. The highest BCUT2D eigenvalue weighted by Crippen LogP contribution is 2.15. The predicted molar refractivity (Wildman–Crippen MR) is 151 cm³/mol. The van der Waals surface area contributed by atoms with E-state index in [-0.39, 0.29) is 24.9 Å². The van der Waals surface area contributed by atoms with Crippen LogP contribution in [-0.2, 0) is 33.9 Å². The number of Topliss-reactive ketones (excluding diaryl/α,β-unsaturated/α-hetero) is 1. The first-order valence-electron chi connectivity index (χ1n) is 13.5. The van der Waals surface area contributed by atoms with Gasteiger partial charge in [0.25, 0.3) is 0 Å². The van der Waals surface area contributed by atoms with Crippen LogP contribution in [-0.4, -0.2) is 30.6 Å². The second kappa shape index (κ2) is 16.7. The molecule has 0 fully saturated rings. The summed E-state index contributed by atoms with van der Waals surface area (Å²) in [7, 11) is 0. The van der Waals surface area contributed by atoms with Crippen LogP contribution in [0.5, 0.6) is 0 Å². The molecule has 0 aromatic heterocycles. The number of nitrogens with one attached hydrogen (secondary N) is 2. The quantitative estimate of drug-likeness (QED) is 0.228. The van der Waals surface area contributed by atoms with Gasteiger partial charge in [-0.05, 0) is 48.3 Å². The van der Waals surface area contributed by atoms with E-state index in [9.17, 15) is 14.4 Å². The summed E-state index contributed by atoms with van der Waals surface area (Å²) in [5.74, 6) is 0.107. The zero-order chi connectivity index (χ0) is 27.7. The lowest BCUT2D eigenvalue weighted by Gasteiger charge is -2.20. The summed E-state index contributed by atoms with van der Waals surface area (Å²) >= 11 is 0. The number of unbranched alkanes of at least 4 members (excludes halogenated alkanes) is 1. The van der Waals surface area contributed by atoms with Crippen LogP contribution in [0, 0.1) is 5.92 Å². The Morgan fingerprint density at radius 2 is 1.21 bits per heavy atom. The highest BCUT2D eigenvalue weighted by atomic mass is 16.6. The van der Waals surface area contributed by atoms with Crippen molar-refractivity contribution in [2.45, 2.75) is 58.3 Å². The minimum Gasteiger partial charge on any atom is -0.445 e. The standard InChI is InChI=1S/C32H38N2O5/c1-25(21-26-13-5-2-6-14-26)22-30(35)29(34-32(37)39-24-28-17-9-4-10-18-28)19-11-12-20-33-31(36)38-23-27-15-7-3-8-16-27/h2-10,13-18,25,29H,11-12,19-24H2,1H3,(H,33,36)(H,34,37). The number of alkyl carbamates (subject to hydrolysis) is 2. The van der Waals surface area contributed by atoms with Crippen LogP contribution in [0.25, 0.3) is 0 Å². The Balaban J connectivity index is 1.44. The molecule has 0 radical (unpaired) electrons. The molecule has 3 aromatic carbocycles. The van der Waals surface area contributed by atoms with Gasteiger partial charge in [0.05, 0.1) is 6.04 Å². The molecule has 3 aromatic rings. The molecule has 39 heavy (non-hydrogen) atoms. The van der Waals surface area contributed by atoms with Crippen LogP contribution < -0.4 is 10.6 Å². The van der Waals surface area contributed by atoms with Crippen LogP contribution in [0.4, 0.5) is 9.59 Å². The maximum Gasteiger partial charge on any atom is 0.408 e. The topological polar surface area (TPSA) is 93.7 Å². The first-order valence-corrected chi connectivity index (χ1v) is 13.5. The number of carbonyl (C=O) groups excluding carboxylic acids is 3. The largest absolute Gasteiger partial charge is 0.445 e. The molecule has 0 aliphatic carbocycles. The van der Waals surface area contributed by atoms with Crippen molar-refractivity contribution in [2.75, 3.05) is 6.54 Å². The number of benzene rings is 3. The molecule has 206 valence electrons. The molecule has 0 aliphatic rings. The van der Waals surface area contributed by atoms with Gasteiger partial charge in [-0.3, -0.25) is 4.79 Å². The van der Waals surface area contributed by atoms with E-state index in [1.165, 1.54) is 5.56 Å². The van der Waals surface area contributed by atoms with E-state index in [0.29, 0.717) is 32.2 Å². The molecule has 7 nitrogen and oxygen atoms in total. The monoisotopic (exact) mass is 530 g/mol. The van der Waals surface area contributed by atoms with Crippen molar-refractivity contribution in [2.24, 2.45) is 5.92 Å². The molecule has 3 rings (SSSR count). The molecule has 0 aliphatic heterocycles. The van der Waals surface area contributed by atoms with Gasteiger partial charge in [-0.2, -0.15) is 0 Å². The minimum atomic E-state index is -0.656. The summed E-state index contributed by atoms with van der Waals surface area (Å²) < 4.78 is 10.6. The van der Waals surface area contributed by atoms with Crippen LogP contribution in [0.15, 0.2) is 91.0 Å². The van der Waals surface area contributed by atoms with Crippen molar-refractivity contribution >= 4 is 18.0 Å². The molecule has 0 saturated carbocycles. The van der Waals surface area contributed by atoms with Crippen molar-refractivity contribution in [3.63, 3.8) is 0 Å². The van der Waals surface area contributed by atoms with Crippen molar-refractivity contribution in [3.8, 4) is 0 Å². The molecular formula is C32H38N2O5. The third-order valence-corrected chi connectivity index (χ3v) is 6.27. The van der Waals surface area contributed by atoms with Gasteiger partial charge in [0.1, 0.15) is 13.2 Å². The van der Waals surface area contributed by atoms with Crippen LogP contribution in [0.1, 0.15) is 49.3 Å². The summed E-state index contributed by atoms with van der Waals surface area (Å²) in [5.41, 5.74) is 2.97. The predicted octanol–water partition coefficient (Wildman–Crippen LogP) is 6.22. The molecule has 2 amide bonds. The van der Waals surface area contributed by atoms with E-state index < -0.39 is 18.2 Å². The number of ether oxygens (including phenoxy) is 2. The van der Waals surface area contributed by atoms with Gasteiger partial charge in [-0.1, -0.05) is 97.9 Å². The molecule has 2 unspecified atom stereocenters. The summed E-state index contributed by atoms with van der Waals surface area (Å²) in [5, 5.41) is 5.51. The Bertz CT molecular complexity index is 1140. The summed E-state index contributed by atoms with van der Waals surface area (Å²) in [6, 6.07) is 28.3. The Morgan fingerprint density at radius 3 is 1.77 bits per heavy atom. The number of carbonyl (C=O) groups is 3. The second-order valence-corrected chi connectivity index (χ2v) is 9.71. The lowest BCUT2D eigenvalue weighted by molar-refractivity contribution is -0.122. The van der Waals surface area contributed by atoms with Crippen LogP contribution in [0.3, 0.4) is 0 Å². The molecule has 0 saturated heterocycles. The van der Waals surface area contributed by atoms with Gasteiger partial charge >= 0.3 is 12.2 Å². The third-order valence-electron chi connectivity index (χ3n) is 6.27. The minimum absolute atomic E-state index is 0.0228. The van der Waals surface area contributed by atoms with Crippen molar-refractivity contribution in [1.82, 2.24) is 10.6 Å². The molecular weight excluding hydrogens is 492 g/mol. The van der Waals surface area contributed by atoms with Crippen molar-refractivity contribution < 1.29 is 23.9 Å². The normalized spacial score (nSPS) is 12.1. The van der Waals surface area contributed by atoms with E-state index in [2.05, 4.69) is 22.8 Å². The van der Waals surface area contributed by atoms with Gasteiger partial charge in [-0.15, -0.1) is 0 Å². The van der Waals surface area contributed by atoms with Crippen molar-refractivity contribution in [3.05, 3.63) is 108 Å². The number of hydrogen-bond acceptors (Lipinski definition) is 5. The zero-order valence-corrected chi connectivity index (χ0v) is 22.5. The van der Waals surface area contributed by atoms with Crippen molar-refractivity contribution in [1.29, 1.82) is 0 Å². The zero-order valence-electron chi connectivity index (χ0n) is 22.5. The molecule has 0 spiro atoms. The summed E-state index contributed by atoms with van der Waals surface area (Å²) in [6.07, 6.45) is 1.78. The Labute approximate surface area is 230 Å². The third kappa shape index (κ3) is 11.9. The maximum atomic E-state index is 13.2. The number of hydrogen-bond donors (Lipinski definition) is 2. The number of ketones is 1.